The molecule has 3 rings (SSSR count). The van der Waals surface area contributed by atoms with Crippen molar-refractivity contribution in [3.63, 3.8) is 0 Å². The second-order valence-corrected chi connectivity index (χ2v) is 8.72. The van der Waals surface area contributed by atoms with E-state index < -0.39 is 0 Å². The molecule has 0 aliphatic carbocycles. The van der Waals surface area contributed by atoms with Crippen LogP contribution in [-0.4, -0.2) is 43.7 Å². The second kappa shape index (κ2) is 9.78. The van der Waals surface area contributed by atoms with Crippen molar-refractivity contribution < 1.29 is 4.74 Å². The van der Waals surface area contributed by atoms with Crippen LogP contribution in [0.1, 0.15) is 44.7 Å². The first-order valence-corrected chi connectivity index (χ1v) is 10.8. The minimum absolute atomic E-state index is 0.0676. The number of rotatable bonds is 8. The molecule has 0 radical (unpaired) electrons. The lowest BCUT2D eigenvalue weighted by Gasteiger charge is -2.32. The van der Waals surface area contributed by atoms with Gasteiger partial charge in [-0.15, -0.1) is 0 Å². The van der Waals surface area contributed by atoms with Gasteiger partial charge < -0.3 is 10.1 Å². The highest BCUT2D eigenvalue weighted by atomic mass is 35.5. The van der Waals surface area contributed by atoms with Gasteiger partial charge in [0.05, 0.1) is 6.61 Å². The van der Waals surface area contributed by atoms with Gasteiger partial charge in [-0.2, -0.15) is 0 Å². The van der Waals surface area contributed by atoms with E-state index >= 15 is 0 Å². The summed E-state index contributed by atoms with van der Waals surface area (Å²) >= 11 is 6.03. The van der Waals surface area contributed by atoms with Crippen molar-refractivity contribution in [1.29, 1.82) is 0 Å². The molecule has 1 atom stereocenters. The van der Waals surface area contributed by atoms with Crippen LogP contribution in [-0.2, 0) is 5.41 Å². The summed E-state index contributed by atoms with van der Waals surface area (Å²) in [6.07, 6.45) is 2.27. The average Bonchev–Trinajstić information content (AvgIpc) is 2.72. The largest absolute Gasteiger partial charge is 0.494 e. The smallest absolute Gasteiger partial charge is 0.119 e. The zero-order chi connectivity index (χ0) is 20.0. The fraction of sp³-hybridized carbons (Fsp3) is 0.500. The standard InChI is InChI=1S/C24H33ClN2O/c1-19(27-16-14-26-15-17-27)5-4-18-28-23-12-8-21(9-13-23)24(2,3)20-6-10-22(25)11-7-20/h6-13,19,26H,4-5,14-18H2,1-3H3. The molecule has 2 aromatic carbocycles. The zero-order valence-electron chi connectivity index (χ0n) is 17.4. The van der Waals surface area contributed by atoms with Crippen LogP contribution in [0.4, 0.5) is 0 Å². The van der Waals surface area contributed by atoms with Crippen LogP contribution in [0.3, 0.4) is 0 Å². The van der Waals surface area contributed by atoms with Gasteiger partial charge in [0, 0.05) is 42.7 Å². The van der Waals surface area contributed by atoms with Crippen molar-refractivity contribution in [2.45, 2.75) is 45.1 Å². The van der Waals surface area contributed by atoms with E-state index in [1.54, 1.807) is 0 Å². The number of hydrogen-bond acceptors (Lipinski definition) is 3. The Morgan fingerprint density at radius 2 is 1.57 bits per heavy atom. The van der Waals surface area contributed by atoms with E-state index in [-0.39, 0.29) is 5.41 Å². The molecular weight excluding hydrogens is 368 g/mol. The number of halogens is 1. The molecule has 0 spiro atoms. The zero-order valence-corrected chi connectivity index (χ0v) is 18.1. The Labute approximate surface area is 175 Å². The van der Waals surface area contributed by atoms with Crippen molar-refractivity contribution in [2.24, 2.45) is 0 Å². The molecular formula is C24H33ClN2O. The van der Waals surface area contributed by atoms with Crippen LogP contribution in [0.15, 0.2) is 48.5 Å². The van der Waals surface area contributed by atoms with Gasteiger partial charge >= 0.3 is 0 Å². The molecule has 0 saturated carbocycles. The monoisotopic (exact) mass is 400 g/mol. The average molecular weight is 401 g/mol. The van der Waals surface area contributed by atoms with E-state index in [1.807, 2.05) is 12.1 Å². The van der Waals surface area contributed by atoms with Crippen molar-refractivity contribution in [3.05, 3.63) is 64.7 Å². The molecule has 1 unspecified atom stereocenters. The molecule has 28 heavy (non-hydrogen) atoms. The van der Waals surface area contributed by atoms with Crippen molar-refractivity contribution >= 4 is 11.6 Å². The summed E-state index contributed by atoms with van der Waals surface area (Å²) < 4.78 is 5.98. The molecule has 152 valence electrons. The highest BCUT2D eigenvalue weighted by Crippen LogP contribution is 2.33. The Balaban J connectivity index is 1.48. The summed E-state index contributed by atoms with van der Waals surface area (Å²) in [6, 6.07) is 17.3. The molecule has 3 nitrogen and oxygen atoms in total. The molecule has 1 saturated heterocycles. The number of nitrogens with one attached hydrogen (secondary N) is 1. The third-order valence-electron chi connectivity index (χ3n) is 5.95. The highest BCUT2D eigenvalue weighted by Gasteiger charge is 2.23. The molecule has 1 aliphatic rings. The quantitative estimate of drug-likeness (QED) is 0.622. The first-order valence-electron chi connectivity index (χ1n) is 10.4. The summed E-state index contributed by atoms with van der Waals surface area (Å²) in [7, 11) is 0. The molecule has 0 aromatic heterocycles. The maximum atomic E-state index is 6.03. The number of piperazine rings is 1. The van der Waals surface area contributed by atoms with Crippen molar-refractivity contribution in [1.82, 2.24) is 10.2 Å². The molecule has 1 heterocycles. The fourth-order valence-corrected chi connectivity index (χ4v) is 4.00. The first kappa shape index (κ1) is 21.2. The van der Waals surface area contributed by atoms with Gasteiger partial charge in [0.25, 0.3) is 0 Å². The maximum absolute atomic E-state index is 6.03. The Morgan fingerprint density at radius 3 is 2.18 bits per heavy atom. The lowest BCUT2D eigenvalue weighted by atomic mass is 9.78. The summed E-state index contributed by atoms with van der Waals surface area (Å²) in [4.78, 5) is 2.57. The Bertz CT molecular complexity index is 721. The second-order valence-electron chi connectivity index (χ2n) is 8.28. The lowest BCUT2D eigenvalue weighted by Crippen LogP contribution is -2.47. The van der Waals surface area contributed by atoms with E-state index in [0.717, 1.165) is 50.0 Å². The number of hydrogen-bond donors (Lipinski definition) is 1. The number of ether oxygens (including phenoxy) is 1. The minimum Gasteiger partial charge on any atom is -0.494 e. The predicted molar refractivity (Wildman–Crippen MR) is 119 cm³/mol. The Hall–Kier alpha value is -1.55. The summed E-state index contributed by atoms with van der Waals surface area (Å²) in [6.45, 7) is 12.1. The molecule has 0 bridgehead atoms. The van der Waals surface area contributed by atoms with Crippen molar-refractivity contribution in [3.8, 4) is 5.75 Å². The topological polar surface area (TPSA) is 24.5 Å². The molecule has 4 heteroatoms. The third kappa shape index (κ3) is 5.50. The van der Waals surface area contributed by atoms with Gasteiger partial charge in [0.2, 0.25) is 0 Å². The molecule has 0 amide bonds. The molecule has 1 N–H and O–H groups in total. The van der Waals surface area contributed by atoms with Crippen molar-refractivity contribution in [2.75, 3.05) is 32.8 Å². The van der Waals surface area contributed by atoms with E-state index in [2.05, 4.69) is 67.4 Å². The molecule has 2 aromatic rings. The SMILES string of the molecule is CC(CCCOc1ccc(C(C)(C)c2ccc(Cl)cc2)cc1)N1CCNCC1. The van der Waals surface area contributed by atoms with E-state index in [1.165, 1.54) is 17.5 Å². The lowest BCUT2D eigenvalue weighted by molar-refractivity contribution is 0.167. The third-order valence-corrected chi connectivity index (χ3v) is 6.20. The van der Waals surface area contributed by atoms with Gasteiger partial charge in [-0.3, -0.25) is 4.90 Å². The Morgan fingerprint density at radius 1 is 1.00 bits per heavy atom. The predicted octanol–water partition coefficient (Wildman–Crippen LogP) is 5.12. The molecule has 1 fully saturated rings. The first-order chi connectivity index (χ1) is 13.5. The number of benzene rings is 2. The van der Waals surface area contributed by atoms with Gasteiger partial charge in [0.1, 0.15) is 5.75 Å². The van der Waals surface area contributed by atoms with Gasteiger partial charge in [0.15, 0.2) is 0 Å². The number of nitrogens with zero attached hydrogens (tertiary/aromatic N) is 1. The van der Waals surface area contributed by atoms with E-state index in [4.69, 9.17) is 16.3 Å². The minimum atomic E-state index is -0.0676. The molecule has 1 aliphatic heterocycles. The van der Waals surface area contributed by atoms with Crippen LogP contribution in [0.25, 0.3) is 0 Å². The normalized spacial score (nSPS) is 16.7. The van der Waals surface area contributed by atoms with Gasteiger partial charge in [-0.1, -0.05) is 49.7 Å². The summed E-state index contributed by atoms with van der Waals surface area (Å²) in [5.41, 5.74) is 2.46. The van der Waals surface area contributed by atoms with Crippen LogP contribution < -0.4 is 10.1 Å². The van der Waals surface area contributed by atoms with Crippen LogP contribution in [0, 0.1) is 0 Å². The van der Waals surface area contributed by atoms with Crippen LogP contribution in [0.5, 0.6) is 5.75 Å². The Kier molecular flexibility index (Phi) is 7.39. The van der Waals surface area contributed by atoms with Crippen LogP contribution >= 0.6 is 11.6 Å². The van der Waals surface area contributed by atoms with E-state index in [9.17, 15) is 0 Å². The highest BCUT2D eigenvalue weighted by molar-refractivity contribution is 6.30. The fourth-order valence-electron chi connectivity index (χ4n) is 3.88. The maximum Gasteiger partial charge on any atom is 0.119 e. The summed E-state index contributed by atoms with van der Waals surface area (Å²) in [5, 5.41) is 4.19. The van der Waals surface area contributed by atoms with Gasteiger partial charge in [-0.25, -0.2) is 0 Å². The van der Waals surface area contributed by atoms with E-state index in [0.29, 0.717) is 6.04 Å². The summed E-state index contributed by atoms with van der Waals surface area (Å²) in [5.74, 6) is 0.950. The van der Waals surface area contributed by atoms with Crippen LogP contribution in [0.2, 0.25) is 5.02 Å². The van der Waals surface area contributed by atoms with Gasteiger partial charge in [-0.05, 0) is 55.2 Å².